The highest BCUT2D eigenvalue weighted by molar-refractivity contribution is 7.10. The molecular formula is C28H34S. The van der Waals surface area contributed by atoms with Crippen molar-refractivity contribution in [1.82, 2.24) is 0 Å². The lowest BCUT2D eigenvalue weighted by molar-refractivity contribution is -0.147. The highest BCUT2D eigenvalue weighted by Crippen LogP contribution is 2.71. The molecular weight excluding hydrogens is 368 g/mol. The van der Waals surface area contributed by atoms with Crippen LogP contribution in [0.25, 0.3) is 17.7 Å². The Hall–Kier alpha value is -1.86. The predicted molar refractivity (Wildman–Crippen MR) is 130 cm³/mol. The summed E-state index contributed by atoms with van der Waals surface area (Å²) in [6.45, 7) is 18.5. The van der Waals surface area contributed by atoms with E-state index in [4.69, 9.17) is 0 Å². The summed E-state index contributed by atoms with van der Waals surface area (Å²) >= 11 is 1.96. The maximum Gasteiger partial charge on any atom is 0.0389 e. The van der Waals surface area contributed by atoms with E-state index in [9.17, 15) is 0 Å². The van der Waals surface area contributed by atoms with Gasteiger partial charge in [-0.05, 0) is 72.3 Å². The molecule has 1 aromatic rings. The van der Waals surface area contributed by atoms with Crippen molar-refractivity contribution in [3.05, 3.63) is 74.9 Å². The topological polar surface area (TPSA) is 0 Å². The summed E-state index contributed by atoms with van der Waals surface area (Å²) in [6.07, 6.45) is 22.0. The number of allylic oxidation sites excluding steroid dienone is 8. The van der Waals surface area contributed by atoms with Gasteiger partial charge < -0.3 is 0 Å². The molecule has 0 radical (unpaired) electrons. The molecule has 152 valence electrons. The zero-order valence-electron chi connectivity index (χ0n) is 18.8. The molecule has 0 N–H and O–H groups in total. The van der Waals surface area contributed by atoms with Gasteiger partial charge in [-0.25, -0.2) is 0 Å². The fourth-order valence-corrected chi connectivity index (χ4v) is 8.03. The van der Waals surface area contributed by atoms with Gasteiger partial charge in [0.2, 0.25) is 0 Å². The van der Waals surface area contributed by atoms with Gasteiger partial charge in [0.1, 0.15) is 0 Å². The third-order valence-corrected chi connectivity index (χ3v) is 9.16. The molecule has 1 aromatic heterocycles. The van der Waals surface area contributed by atoms with Crippen LogP contribution in [0.1, 0.15) is 51.5 Å². The summed E-state index contributed by atoms with van der Waals surface area (Å²) < 4.78 is 1.45. The fourth-order valence-electron chi connectivity index (χ4n) is 6.75. The monoisotopic (exact) mass is 402 g/mol. The Kier molecular flexibility index (Phi) is 5.02. The van der Waals surface area contributed by atoms with E-state index in [2.05, 4.69) is 103 Å². The fraction of sp³-hybridized carbons (Fsp3) is 0.429. The van der Waals surface area contributed by atoms with Crippen molar-refractivity contribution in [1.29, 1.82) is 0 Å². The van der Waals surface area contributed by atoms with Gasteiger partial charge in [-0.1, -0.05) is 82.0 Å². The number of hydrogen-bond acceptors (Lipinski definition) is 1. The van der Waals surface area contributed by atoms with Crippen molar-refractivity contribution >= 4 is 29.1 Å². The lowest BCUT2D eigenvalue weighted by atomic mass is 9.35. The van der Waals surface area contributed by atoms with Gasteiger partial charge in [0, 0.05) is 14.8 Å². The van der Waals surface area contributed by atoms with E-state index < -0.39 is 0 Å². The molecule has 0 nitrogen and oxygen atoms in total. The van der Waals surface area contributed by atoms with Crippen molar-refractivity contribution in [2.75, 3.05) is 0 Å². The van der Waals surface area contributed by atoms with Gasteiger partial charge in [-0.15, -0.1) is 11.3 Å². The zero-order valence-corrected chi connectivity index (χ0v) is 19.6. The van der Waals surface area contributed by atoms with Crippen molar-refractivity contribution in [2.24, 2.45) is 28.6 Å². The van der Waals surface area contributed by atoms with E-state index in [1.165, 1.54) is 31.3 Å². The first-order valence-electron chi connectivity index (χ1n) is 11.0. The lowest BCUT2D eigenvalue weighted by Crippen LogP contribution is -2.64. The van der Waals surface area contributed by atoms with Gasteiger partial charge in [0.05, 0.1) is 0 Å². The summed E-state index contributed by atoms with van der Waals surface area (Å²) in [4.78, 5) is 1.41. The molecule has 1 heteroatoms. The van der Waals surface area contributed by atoms with Crippen LogP contribution in [0, 0.1) is 35.5 Å². The van der Waals surface area contributed by atoms with Crippen LogP contribution in [0.3, 0.4) is 0 Å². The molecule has 4 aliphatic rings. The summed E-state index contributed by atoms with van der Waals surface area (Å²) in [7, 11) is 0. The molecule has 1 fully saturated rings. The standard InChI is InChI=1S/C28H34S/c1-8-12-21-20(5)29-26-22(21)15-16-24-25(26)18(3)13-10-11-14-23-19(4)28(24,17-9-2)27(23,6)7/h8-15,17,19,23-24H,3,16H2,1-2,4-7H3/b12-8-,13-10-,14-11-,17-9?. The third kappa shape index (κ3) is 2.63. The minimum Gasteiger partial charge on any atom is -0.140 e. The summed E-state index contributed by atoms with van der Waals surface area (Å²) in [6, 6.07) is 0. The number of aryl methyl sites for hydroxylation is 1. The van der Waals surface area contributed by atoms with Crippen LogP contribution >= 0.6 is 11.3 Å². The largest absolute Gasteiger partial charge is 0.140 e. The van der Waals surface area contributed by atoms with Gasteiger partial charge in [0.25, 0.3) is 0 Å². The van der Waals surface area contributed by atoms with Gasteiger partial charge in [-0.3, -0.25) is 0 Å². The Bertz CT molecular complexity index is 1080. The van der Waals surface area contributed by atoms with E-state index >= 15 is 0 Å². The van der Waals surface area contributed by atoms with Gasteiger partial charge in [-0.2, -0.15) is 0 Å². The second kappa shape index (κ2) is 7.13. The van der Waals surface area contributed by atoms with E-state index in [0.717, 1.165) is 6.42 Å². The Morgan fingerprint density at radius 1 is 1.17 bits per heavy atom. The summed E-state index contributed by atoms with van der Waals surface area (Å²) in [5.74, 6) is 1.67. The summed E-state index contributed by atoms with van der Waals surface area (Å²) in [5, 5.41) is 1.43. The molecule has 5 rings (SSSR count). The van der Waals surface area contributed by atoms with Crippen LogP contribution in [-0.4, -0.2) is 0 Å². The third-order valence-electron chi connectivity index (χ3n) is 7.99. The Morgan fingerprint density at radius 2 is 1.93 bits per heavy atom. The highest BCUT2D eigenvalue weighted by Gasteiger charge is 2.66. The molecule has 0 spiro atoms. The molecule has 0 aromatic carbocycles. The maximum absolute atomic E-state index is 4.56. The Morgan fingerprint density at radius 3 is 2.59 bits per heavy atom. The lowest BCUT2D eigenvalue weighted by Gasteiger charge is -2.68. The number of hydrogen-bond donors (Lipinski definition) is 0. The summed E-state index contributed by atoms with van der Waals surface area (Å²) in [5.41, 5.74) is 4.41. The maximum atomic E-state index is 4.56. The minimum atomic E-state index is 0.146. The van der Waals surface area contributed by atoms with Crippen LogP contribution in [0.15, 0.2) is 54.7 Å². The molecule has 29 heavy (non-hydrogen) atoms. The molecule has 2 bridgehead atoms. The Balaban J connectivity index is 2.09. The van der Waals surface area contributed by atoms with E-state index in [1.807, 2.05) is 11.3 Å². The van der Waals surface area contributed by atoms with Crippen molar-refractivity contribution in [3.63, 3.8) is 0 Å². The highest BCUT2D eigenvalue weighted by atomic mass is 32.1. The van der Waals surface area contributed by atoms with E-state index in [0.29, 0.717) is 17.8 Å². The molecule has 0 saturated heterocycles. The first-order valence-corrected chi connectivity index (χ1v) is 11.8. The SMILES string of the molecule is C=C1/C=C\C=C/C2C(C)C(C=CC)(C3CC=c4c(/C=C\C)c(C)sc4=C13)C2(C)C. The van der Waals surface area contributed by atoms with Gasteiger partial charge in [0.15, 0.2) is 0 Å². The average molecular weight is 403 g/mol. The van der Waals surface area contributed by atoms with Crippen molar-refractivity contribution < 1.29 is 0 Å². The molecule has 4 unspecified atom stereocenters. The van der Waals surface area contributed by atoms with Crippen molar-refractivity contribution in [3.8, 4) is 0 Å². The molecule has 0 aliphatic heterocycles. The molecule has 1 heterocycles. The predicted octanol–water partition coefficient (Wildman–Crippen LogP) is 6.58. The quantitative estimate of drug-likeness (QED) is 0.490. The first-order chi connectivity index (χ1) is 13.8. The van der Waals surface area contributed by atoms with Crippen molar-refractivity contribution in [2.45, 2.75) is 48.0 Å². The zero-order chi connectivity index (χ0) is 21.0. The van der Waals surface area contributed by atoms with Crippen LogP contribution in [-0.2, 0) is 0 Å². The molecule has 0 amide bonds. The van der Waals surface area contributed by atoms with E-state index in [1.54, 1.807) is 0 Å². The smallest absolute Gasteiger partial charge is 0.0389 e. The molecule has 4 atom stereocenters. The Labute approximate surface area is 180 Å². The normalized spacial score (nSPS) is 35.0. The van der Waals surface area contributed by atoms with Crippen LogP contribution in [0.4, 0.5) is 0 Å². The van der Waals surface area contributed by atoms with Crippen LogP contribution in [0.2, 0.25) is 0 Å². The minimum absolute atomic E-state index is 0.146. The van der Waals surface area contributed by atoms with Crippen LogP contribution in [0.5, 0.6) is 0 Å². The number of fused-ring (bicyclic) bond motifs is 3. The van der Waals surface area contributed by atoms with E-state index in [-0.39, 0.29) is 10.8 Å². The average Bonchev–Trinajstić information content (AvgIpc) is 2.99. The molecule has 4 aliphatic carbocycles. The van der Waals surface area contributed by atoms with Gasteiger partial charge >= 0.3 is 0 Å². The number of thiophene rings is 1. The second-order valence-corrected chi connectivity index (χ2v) is 10.7. The molecule has 1 saturated carbocycles. The van der Waals surface area contributed by atoms with Crippen LogP contribution < -0.4 is 9.75 Å². The first kappa shape index (κ1) is 20.4. The number of rotatable bonds is 2. The second-order valence-electron chi connectivity index (χ2n) is 9.46.